The molecule has 0 aliphatic heterocycles. The van der Waals surface area contributed by atoms with Gasteiger partial charge in [-0.05, 0) is 77.8 Å². The fraction of sp³-hybridized carbons (Fsp3) is 0.882. The van der Waals surface area contributed by atoms with Gasteiger partial charge in [0.25, 0.3) is 0 Å². The molecule has 0 aromatic rings. The quantitative estimate of drug-likeness (QED) is 0.0549. The first kappa shape index (κ1) is 51.5. The molecule has 0 aromatic heterocycles. The number of nitrogens with one attached hydrogen (secondary N) is 3. The van der Waals surface area contributed by atoms with Gasteiger partial charge in [-0.15, -0.1) is 0 Å². The van der Waals surface area contributed by atoms with Crippen LogP contribution in [0, 0.1) is 0 Å². The van der Waals surface area contributed by atoms with Gasteiger partial charge >= 0.3 is 23.9 Å². The fourth-order valence-electron chi connectivity index (χ4n) is 3.66. The van der Waals surface area contributed by atoms with Gasteiger partial charge in [-0.3, -0.25) is 29.0 Å². The van der Waals surface area contributed by atoms with Gasteiger partial charge in [-0.1, -0.05) is 80.1 Å². The van der Waals surface area contributed by atoms with E-state index < -0.39 is 50.1 Å². The van der Waals surface area contributed by atoms with Crippen molar-refractivity contribution in [2.24, 2.45) is 0 Å². The van der Waals surface area contributed by atoms with Crippen LogP contribution in [0.15, 0.2) is 0 Å². The molecule has 0 rings (SSSR count). The van der Waals surface area contributed by atoms with E-state index in [2.05, 4.69) is 57.5 Å². The molecule has 13 heteroatoms. The first-order valence-electron chi connectivity index (χ1n) is 17.9. The molecular weight excluding hydrogens is 606 g/mol. The number of carbonyl (C=O) groups is 4. The predicted octanol–water partition coefficient (Wildman–Crippen LogP) is 4.46. The van der Waals surface area contributed by atoms with E-state index in [-0.39, 0.29) is 13.1 Å². The molecule has 7 N–H and O–H groups in total. The molecule has 0 atom stereocenters. The Morgan fingerprint density at radius 2 is 0.553 bits per heavy atom. The first-order valence-corrected chi connectivity index (χ1v) is 17.9. The minimum absolute atomic E-state index is 0.0703. The third-order valence-electron chi connectivity index (χ3n) is 6.41. The molecule has 0 amide bonds. The van der Waals surface area contributed by atoms with Crippen molar-refractivity contribution in [2.45, 2.75) is 119 Å². The Bertz CT molecular complexity index is 582. The van der Waals surface area contributed by atoms with Crippen molar-refractivity contribution in [3.8, 4) is 0 Å². The van der Waals surface area contributed by atoms with Gasteiger partial charge in [0.2, 0.25) is 0 Å². The molecule has 0 unspecified atom stereocenters. The van der Waals surface area contributed by atoms with Crippen molar-refractivity contribution in [1.29, 1.82) is 0 Å². The van der Waals surface area contributed by atoms with Crippen LogP contribution in [0.2, 0.25) is 0 Å². The molecule has 0 saturated heterocycles. The fourth-order valence-corrected chi connectivity index (χ4v) is 3.66. The predicted molar refractivity (Wildman–Crippen MR) is 191 cm³/mol. The molecule has 0 bridgehead atoms. The second-order valence-corrected chi connectivity index (χ2v) is 11.4. The molecule has 0 fully saturated rings. The molecule has 0 spiro atoms. The molecule has 47 heavy (non-hydrogen) atoms. The Kier molecular flexibility index (Phi) is 47.9. The average Bonchev–Trinajstić information content (AvgIpc) is 2.99. The number of unbranched alkanes of at least 4 members (excludes halogenated alkanes) is 6. The van der Waals surface area contributed by atoms with Gasteiger partial charge < -0.3 is 36.4 Å². The highest BCUT2D eigenvalue weighted by molar-refractivity contribution is 5.73. The minimum Gasteiger partial charge on any atom is -0.480 e. The van der Waals surface area contributed by atoms with Crippen molar-refractivity contribution >= 4 is 23.9 Å². The van der Waals surface area contributed by atoms with E-state index in [1.165, 1.54) is 116 Å². The maximum absolute atomic E-state index is 10.6. The summed E-state index contributed by atoms with van der Waals surface area (Å²) in [6, 6.07) is 0. The monoisotopic (exact) mass is 680 g/mol. The second kappa shape index (κ2) is 43.7. The lowest BCUT2D eigenvalue weighted by Gasteiger charge is -2.23. The largest absolute Gasteiger partial charge is 0.480 e. The van der Waals surface area contributed by atoms with Crippen molar-refractivity contribution in [3.05, 3.63) is 0 Å². The first-order chi connectivity index (χ1) is 22.4. The Morgan fingerprint density at radius 3 is 0.681 bits per heavy atom. The van der Waals surface area contributed by atoms with E-state index in [1.54, 1.807) is 0 Å². The van der Waals surface area contributed by atoms with Crippen LogP contribution in [-0.2, 0) is 19.2 Å². The molecule has 0 aromatic carbocycles. The smallest absolute Gasteiger partial charge is 0.317 e. The minimum atomic E-state index is -1.23. The molecule has 0 aliphatic rings. The molecule has 282 valence electrons. The SMILES string of the molecule is CCCCNCCCC.CCCCNCCCC.CCCCNCCCC.O=C(O)CN(CCN(CC(=O)O)CC(=O)O)CC(=O)O. The highest BCUT2D eigenvalue weighted by Gasteiger charge is 2.18. The van der Waals surface area contributed by atoms with Crippen molar-refractivity contribution in [2.75, 3.05) is 78.5 Å². The van der Waals surface area contributed by atoms with Crippen LogP contribution in [0.4, 0.5) is 0 Å². The van der Waals surface area contributed by atoms with Gasteiger partial charge in [0.05, 0.1) is 26.2 Å². The molecule has 13 nitrogen and oxygen atoms in total. The van der Waals surface area contributed by atoms with Gasteiger partial charge in [0, 0.05) is 13.1 Å². The summed E-state index contributed by atoms with van der Waals surface area (Å²) in [6.45, 7) is 18.3. The van der Waals surface area contributed by atoms with Gasteiger partial charge in [-0.2, -0.15) is 0 Å². The summed E-state index contributed by atoms with van der Waals surface area (Å²) < 4.78 is 0. The zero-order chi connectivity index (χ0) is 36.6. The summed E-state index contributed by atoms with van der Waals surface area (Å²) in [5.41, 5.74) is 0. The van der Waals surface area contributed by atoms with Crippen molar-refractivity contribution in [1.82, 2.24) is 25.8 Å². The van der Waals surface area contributed by atoms with Gasteiger partial charge in [0.1, 0.15) is 0 Å². The Labute approximate surface area is 286 Å². The second-order valence-electron chi connectivity index (χ2n) is 11.4. The van der Waals surface area contributed by atoms with Crippen molar-refractivity contribution in [3.63, 3.8) is 0 Å². The van der Waals surface area contributed by atoms with Crippen LogP contribution in [0.5, 0.6) is 0 Å². The summed E-state index contributed by atoms with van der Waals surface area (Å²) >= 11 is 0. The van der Waals surface area contributed by atoms with Crippen LogP contribution in [-0.4, -0.2) is 133 Å². The zero-order valence-electron chi connectivity index (χ0n) is 30.8. The Balaban J connectivity index is -0.000000287. The molecule has 0 saturated carbocycles. The molecule has 0 aliphatic carbocycles. The molecule has 0 radical (unpaired) electrons. The van der Waals surface area contributed by atoms with E-state index >= 15 is 0 Å². The summed E-state index contributed by atoms with van der Waals surface area (Å²) in [5.74, 6) is -4.91. The Morgan fingerprint density at radius 1 is 0.383 bits per heavy atom. The van der Waals surface area contributed by atoms with Crippen LogP contribution in [0.25, 0.3) is 0 Å². The summed E-state index contributed by atoms with van der Waals surface area (Å²) in [5, 5.41) is 44.6. The van der Waals surface area contributed by atoms with E-state index in [0.717, 1.165) is 9.80 Å². The van der Waals surface area contributed by atoms with Gasteiger partial charge in [0.15, 0.2) is 0 Å². The number of nitrogens with zero attached hydrogens (tertiary/aromatic N) is 2. The third-order valence-corrected chi connectivity index (χ3v) is 6.41. The maximum atomic E-state index is 10.6. The molecule has 0 heterocycles. The van der Waals surface area contributed by atoms with Crippen molar-refractivity contribution < 1.29 is 39.6 Å². The number of rotatable bonds is 29. The Hall–Kier alpha value is -2.32. The lowest BCUT2D eigenvalue weighted by molar-refractivity contribution is -0.145. The number of carboxylic acid groups (broad SMARTS) is 4. The maximum Gasteiger partial charge on any atom is 0.317 e. The van der Waals surface area contributed by atoms with E-state index in [9.17, 15) is 19.2 Å². The normalized spacial score (nSPS) is 10.3. The van der Waals surface area contributed by atoms with Crippen LogP contribution in [0.3, 0.4) is 0 Å². The summed E-state index contributed by atoms with van der Waals surface area (Å²) in [7, 11) is 0. The number of hydrogen-bond donors (Lipinski definition) is 7. The number of carboxylic acids is 4. The van der Waals surface area contributed by atoms with Crippen LogP contribution >= 0.6 is 0 Å². The topological polar surface area (TPSA) is 192 Å². The molecular formula is C34H73N5O8. The summed E-state index contributed by atoms with van der Waals surface area (Å²) in [6.07, 6.45) is 15.8. The third kappa shape index (κ3) is 56.4. The lowest BCUT2D eigenvalue weighted by atomic mass is 10.3. The van der Waals surface area contributed by atoms with Gasteiger partial charge in [-0.25, -0.2) is 0 Å². The van der Waals surface area contributed by atoms with E-state index in [4.69, 9.17) is 20.4 Å². The van der Waals surface area contributed by atoms with E-state index in [1.807, 2.05) is 0 Å². The highest BCUT2D eigenvalue weighted by Crippen LogP contribution is 1.94. The summed E-state index contributed by atoms with van der Waals surface area (Å²) in [4.78, 5) is 44.4. The average molecular weight is 680 g/mol. The highest BCUT2D eigenvalue weighted by atomic mass is 16.4. The van der Waals surface area contributed by atoms with Crippen LogP contribution < -0.4 is 16.0 Å². The lowest BCUT2D eigenvalue weighted by Crippen LogP contribution is -2.43. The van der Waals surface area contributed by atoms with Crippen LogP contribution in [0.1, 0.15) is 119 Å². The zero-order valence-corrected chi connectivity index (χ0v) is 30.8. The van der Waals surface area contributed by atoms with E-state index in [0.29, 0.717) is 0 Å². The standard InChI is InChI=1S/C10H16N2O8.3C8H19N/c13-7(14)3-11(4-8(15)16)1-2-12(5-9(17)18)6-10(19)20;3*1-3-5-7-9-8-6-4-2/h1-6H2,(H,13,14)(H,15,16)(H,17,18)(H,19,20);3*9H,3-8H2,1-2H3. The number of aliphatic carboxylic acids is 4. The number of hydrogen-bond acceptors (Lipinski definition) is 9.